The summed E-state index contributed by atoms with van der Waals surface area (Å²) < 4.78 is 17.4. The van der Waals surface area contributed by atoms with Crippen molar-refractivity contribution in [3.05, 3.63) is 111 Å². The lowest BCUT2D eigenvalue weighted by atomic mass is 10.0. The number of carbonyl (C=O) groups excluding carboxylic acids is 1. The topological polar surface area (TPSA) is 104 Å². The largest absolute Gasteiger partial charge is 0.486 e. The first-order chi connectivity index (χ1) is 18.1. The minimum absolute atomic E-state index is 0.0536. The molecule has 0 aliphatic rings. The highest BCUT2D eigenvalue weighted by Crippen LogP contribution is 2.33. The molecule has 1 heterocycles. The van der Waals surface area contributed by atoms with Crippen molar-refractivity contribution in [2.24, 2.45) is 0 Å². The Morgan fingerprint density at radius 1 is 0.974 bits per heavy atom. The van der Waals surface area contributed by atoms with Crippen LogP contribution in [0, 0.1) is 30.9 Å². The number of nitro benzene ring substituents is 1. The highest BCUT2D eigenvalue weighted by molar-refractivity contribution is 6.02. The van der Waals surface area contributed by atoms with E-state index in [0.29, 0.717) is 23.2 Å². The van der Waals surface area contributed by atoms with Crippen LogP contribution in [0.4, 0.5) is 11.4 Å². The van der Waals surface area contributed by atoms with Gasteiger partial charge in [-0.15, -0.1) is 0 Å². The summed E-state index contributed by atoms with van der Waals surface area (Å²) in [6.07, 6.45) is 0. The second-order valence-corrected chi connectivity index (χ2v) is 9.51. The lowest BCUT2D eigenvalue weighted by molar-refractivity contribution is -0.384. The van der Waals surface area contributed by atoms with Gasteiger partial charge in [0.25, 0.3) is 11.6 Å². The highest BCUT2D eigenvalue weighted by atomic mass is 16.6. The molecule has 8 nitrogen and oxygen atoms in total. The zero-order valence-corrected chi connectivity index (χ0v) is 22.0. The van der Waals surface area contributed by atoms with E-state index in [0.717, 1.165) is 16.7 Å². The zero-order valence-electron chi connectivity index (χ0n) is 22.0. The van der Waals surface area contributed by atoms with E-state index in [1.165, 1.54) is 29.8 Å². The minimum atomic E-state index is -0.549. The Bertz CT molecular complexity index is 1470. The number of ether oxygens (including phenoxy) is 2. The van der Waals surface area contributed by atoms with Crippen LogP contribution in [0.5, 0.6) is 17.2 Å². The van der Waals surface area contributed by atoms with Crippen molar-refractivity contribution in [2.75, 3.05) is 5.32 Å². The number of rotatable bonds is 9. The van der Waals surface area contributed by atoms with E-state index in [-0.39, 0.29) is 29.5 Å². The van der Waals surface area contributed by atoms with Crippen molar-refractivity contribution in [1.82, 2.24) is 0 Å². The van der Waals surface area contributed by atoms with Crippen molar-refractivity contribution in [1.29, 1.82) is 0 Å². The molecule has 0 spiro atoms. The normalized spacial score (nSPS) is 10.9. The van der Waals surface area contributed by atoms with Gasteiger partial charge in [-0.25, -0.2) is 0 Å². The molecular formula is C30H30N2O6. The van der Waals surface area contributed by atoms with Gasteiger partial charge in [-0.05, 0) is 79.3 Å². The quantitative estimate of drug-likeness (QED) is 0.180. The fraction of sp³-hybridized carbons (Fsp3) is 0.233. The Morgan fingerprint density at radius 3 is 2.39 bits per heavy atom. The van der Waals surface area contributed by atoms with Crippen molar-refractivity contribution < 1.29 is 23.6 Å². The molecule has 0 aliphatic carbocycles. The number of benzene rings is 3. The fourth-order valence-corrected chi connectivity index (χ4v) is 3.93. The molecule has 0 saturated carbocycles. The molecule has 4 aromatic rings. The third kappa shape index (κ3) is 6.39. The third-order valence-electron chi connectivity index (χ3n) is 6.17. The maximum absolute atomic E-state index is 12.8. The van der Waals surface area contributed by atoms with E-state index >= 15 is 0 Å². The molecule has 38 heavy (non-hydrogen) atoms. The van der Waals surface area contributed by atoms with E-state index in [2.05, 4.69) is 19.2 Å². The van der Waals surface area contributed by atoms with Gasteiger partial charge >= 0.3 is 0 Å². The monoisotopic (exact) mass is 514 g/mol. The van der Waals surface area contributed by atoms with Gasteiger partial charge in [-0.3, -0.25) is 14.9 Å². The average Bonchev–Trinajstić information content (AvgIpc) is 3.35. The molecule has 0 atom stereocenters. The van der Waals surface area contributed by atoms with Crippen LogP contribution < -0.4 is 14.8 Å². The molecule has 1 amide bonds. The van der Waals surface area contributed by atoms with E-state index in [4.69, 9.17) is 13.9 Å². The van der Waals surface area contributed by atoms with Crippen molar-refractivity contribution in [3.8, 4) is 17.2 Å². The van der Waals surface area contributed by atoms with E-state index in [1.807, 2.05) is 57.2 Å². The first kappa shape index (κ1) is 26.5. The van der Waals surface area contributed by atoms with Crippen LogP contribution in [-0.2, 0) is 6.61 Å². The molecule has 0 unspecified atom stereocenters. The molecule has 1 N–H and O–H groups in total. The Balaban J connectivity index is 1.46. The van der Waals surface area contributed by atoms with Crippen LogP contribution in [0.2, 0.25) is 0 Å². The zero-order chi connectivity index (χ0) is 27.4. The second kappa shape index (κ2) is 11.2. The van der Waals surface area contributed by atoms with Crippen LogP contribution in [-0.4, -0.2) is 10.8 Å². The van der Waals surface area contributed by atoms with Crippen molar-refractivity contribution in [2.45, 2.75) is 47.1 Å². The molecule has 0 saturated heterocycles. The van der Waals surface area contributed by atoms with Gasteiger partial charge in [-0.2, -0.15) is 0 Å². The van der Waals surface area contributed by atoms with Crippen LogP contribution in [0.25, 0.3) is 0 Å². The fourth-order valence-electron chi connectivity index (χ4n) is 3.93. The highest BCUT2D eigenvalue weighted by Gasteiger charge is 2.17. The Labute approximate surface area is 221 Å². The van der Waals surface area contributed by atoms with Crippen LogP contribution in [0.15, 0.2) is 71.1 Å². The molecule has 1 aromatic heterocycles. The van der Waals surface area contributed by atoms with Crippen LogP contribution in [0.1, 0.15) is 58.3 Å². The number of nitrogens with one attached hydrogen (secondary N) is 1. The number of aryl methyl sites for hydroxylation is 2. The lowest BCUT2D eigenvalue weighted by Crippen LogP contribution is -2.11. The van der Waals surface area contributed by atoms with E-state index in [1.54, 1.807) is 6.07 Å². The van der Waals surface area contributed by atoms with Gasteiger partial charge in [0, 0.05) is 12.1 Å². The van der Waals surface area contributed by atoms with E-state index in [9.17, 15) is 14.9 Å². The number of nitro groups is 1. The van der Waals surface area contributed by atoms with Crippen LogP contribution in [0.3, 0.4) is 0 Å². The number of furan rings is 1. The summed E-state index contributed by atoms with van der Waals surface area (Å²) in [4.78, 5) is 23.8. The Hall–Kier alpha value is -4.59. The first-order valence-electron chi connectivity index (χ1n) is 12.3. The standard InChI is InChI=1S/C30H30N2O6/c1-18(2)22-6-8-25(9-7-22)36-17-26-10-11-28(37-26)30(33)31-23-14-24(32(34)35)16-27(15-23)38-29-13-19(3)12-20(4)21(29)5/h6-16,18H,17H2,1-5H3,(H,31,33). The average molecular weight is 515 g/mol. The molecule has 196 valence electrons. The number of hydrogen-bond acceptors (Lipinski definition) is 6. The first-order valence-corrected chi connectivity index (χ1v) is 12.3. The summed E-state index contributed by atoms with van der Waals surface area (Å²) in [5.41, 5.74) is 4.19. The molecule has 3 aromatic carbocycles. The maximum Gasteiger partial charge on any atom is 0.291 e. The number of anilines is 1. The number of hydrogen-bond donors (Lipinski definition) is 1. The SMILES string of the molecule is Cc1cc(C)c(C)c(Oc2cc(NC(=O)c3ccc(COc4ccc(C(C)C)cc4)o3)cc([N+](=O)[O-])c2)c1. The number of non-ortho nitro benzene ring substituents is 1. The third-order valence-corrected chi connectivity index (χ3v) is 6.17. The molecule has 0 aliphatic heterocycles. The summed E-state index contributed by atoms with van der Waals surface area (Å²) in [5.74, 6) is 1.93. The Morgan fingerprint density at radius 2 is 1.71 bits per heavy atom. The predicted molar refractivity (Wildman–Crippen MR) is 145 cm³/mol. The van der Waals surface area contributed by atoms with Gasteiger partial charge < -0.3 is 19.2 Å². The molecular weight excluding hydrogens is 484 g/mol. The summed E-state index contributed by atoms with van der Waals surface area (Å²) in [6.45, 7) is 10.2. The van der Waals surface area contributed by atoms with E-state index < -0.39 is 10.8 Å². The summed E-state index contributed by atoms with van der Waals surface area (Å²) in [7, 11) is 0. The molecule has 0 bridgehead atoms. The summed E-state index contributed by atoms with van der Waals surface area (Å²) in [6, 6.07) is 19.0. The van der Waals surface area contributed by atoms with Crippen LogP contribution >= 0.6 is 0 Å². The van der Waals surface area contributed by atoms with Crippen molar-refractivity contribution >= 4 is 17.3 Å². The minimum Gasteiger partial charge on any atom is -0.486 e. The predicted octanol–water partition coefficient (Wildman–Crippen LogP) is 7.86. The molecule has 0 fully saturated rings. The Kier molecular flexibility index (Phi) is 7.81. The molecule has 8 heteroatoms. The van der Waals surface area contributed by atoms with Gasteiger partial charge in [0.1, 0.15) is 29.6 Å². The summed E-state index contributed by atoms with van der Waals surface area (Å²) >= 11 is 0. The summed E-state index contributed by atoms with van der Waals surface area (Å²) in [5, 5.41) is 14.2. The van der Waals surface area contributed by atoms with Gasteiger partial charge in [0.15, 0.2) is 5.76 Å². The second-order valence-electron chi connectivity index (χ2n) is 9.51. The lowest BCUT2D eigenvalue weighted by Gasteiger charge is -2.13. The van der Waals surface area contributed by atoms with Gasteiger partial charge in [0.2, 0.25) is 0 Å². The van der Waals surface area contributed by atoms with Gasteiger partial charge in [0.05, 0.1) is 16.7 Å². The smallest absolute Gasteiger partial charge is 0.291 e. The maximum atomic E-state index is 12.8. The number of carbonyl (C=O) groups is 1. The molecule has 0 radical (unpaired) electrons. The number of nitrogens with zero attached hydrogens (tertiary/aromatic N) is 1. The van der Waals surface area contributed by atoms with Gasteiger partial charge in [-0.1, -0.05) is 32.0 Å². The van der Waals surface area contributed by atoms with Crippen molar-refractivity contribution in [3.63, 3.8) is 0 Å². The molecule has 4 rings (SSSR count). The number of amides is 1.